The van der Waals surface area contributed by atoms with E-state index in [1.165, 1.54) is 29.5 Å². The maximum atomic E-state index is 12.1. The smallest absolute Gasteiger partial charge is 0.276 e. The second-order valence-electron chi connectivity index (χ2n) is 5.32. The van der Waals surface area contributed by atoms with E-state index in [1.807, 2.05) is 24.3 Å². The summed E-state index contributed by atoms with van der Waals surface area (Å²) in [6.45, 7) is 2.08. The van der Waals surface area contributed by atoms with E-state index < -0.39 is 4.92 Å². The summed E-state index contributed by atoms with van der Waals surface area (Å²) in [5, 5.41) is 14.2. The van der Waals surface area contributed by atoms with E-state index in [0.29, 0.717) is 15.6 Å². The molecule has 1 aliphatic rings. The molecule has 0 saturated carbocycles. The van der Waals surface area contributed by atoms with Crippen molar-refractivity contribution in [1.82, 2.24) is 5.32 Å². The normalized spacial score (nSPS) is 17.1. The highest BCUT2D eigenvalue weighted by Crippen LogP contribution is 2.30. The molecule has 0 unspecified atom stereocenters. The quantitative estimate of drug-likeness (QED) is 0.510. The molecule has 7 heteroatoms. The Hall–Kier alpha value is -2.93. The van der Waals surface area contributed by atoms with E-state index in [2.05, 4.69) is 17.2 Å². The molecule has 1 heterocycles. The van der Waals surface area contributed by atoms with Crippen molar-refractivity contribution in [1.29, 1.82) is 0 Å². The van der Waals surface area contributed by atoms with Crippen molar-refractivity contribution in [2.75, 3.05) is 0 Å². The number of carbonyl (C=O) groups excluding carboxylic acids is 1. The zero-order valence-electron chi connectivity index (χ0n) is 13.4. The molecule has 0 aromatic heterocycles. The van der Waals surface area contributed by atoms with Crippen LogP contribution < -0.4 is 5.32 Å². The van der Waals surface area contributed by atoms with Gasteiger partial charge in [-0.25, -0.2) is 4.99 Å². The lowest BCUT2D eigenvalue weighted by atomic mass is 10.1. The number of carbonyl (C=O) groups is 1. The molecule has 25 heavy (non-hydrogen) atoms. The third-order valence-electron chi connectivity index (χ3n) is 3.65. The molecular formula is C18H15N3O3S. The predicted octanol–water partition coefficient (Wildman–Crippen LogP) is 4.05. The Balaban J connectivity index is 1.85. The summed E-state index contributed by atoms with van der Waals surface area (Å²) in [7, 11) is 0. The number of nitro groups is 1. The number of rotatable bonds is 4. The van der Waals surface area contributed by atoms with E-state index in [0.717, 1.165) is 12.1 Å². The standard InChI is InChI=1S/C18H15N3O3S/c1-2-12-7-9-14(10-8-12)19-18-20-17(22)16(25-18)11-13-5-3-4-6-15(13)21(23)24/h3-11H,2H2,1H3,(H,19,20,22)/b16-11-. The lowest BCUT2D eigenvalue weighted by molar-refractivity contribution is -0.385. The Kier molecular flexibility index (Phi) is 4.95. The monoisotopic (exact) mass is 353 g/mol. The highest BCUT2D eigenvalue weighted by molar-refractivity contribution is 8.18. The van der Waals surface area contributed by atoms with Crippen LogP contribution in [0.3, 0.4) is 0 Å². The maximum absolute atomic E-state index is 12.1. The number of benzene rings is 2. The number of nitrogens with zero attached hydrogens (tertiary/aromatic N) is 2. The number of para-hydroxylation sites is 1. The molecule has 1 aliphatic heterocycles. The number of aryl methyl sites for hydroxylation is 1. The second-order valence-corrected chi connectivity index (χ2v) is 6.35. The summed E-state index contributed by atoms with van der Waals surface area (Å²) in [6, 6.07) is 14.1. The second kappa shape index (κ2) is 7.31. The summed E-state index contributed by atoms with van der Waals surface area (Å²) in [5.41, 5.74) is 2.30. The third-order valence-corrected chi connectivity index (χ3v) is 4.56. The molecule has 1 amide bonds. The zero-order chi connectivity index (χ0) is 17.8. The Labute approximate surface area is 148 Å². The van der Waals surface area contributed by atoms with Gasteiger partial charge in [-0.1, -0.05) is 31.2 Å². The molecule has 1 saturated heterocycles. The average molecular weight is 353 g/mol. The van der Waals surface area contributed by atoms with E-state index in [1.54, 1.807) is 18.2 Å². The molecule has 0 atom stereocenters. The van der Waals surface area contributed by atoms with Gasteiger partial charge in [0.1, 0.15) is 0 Å². The molecule has 0 bridgehead atoms. The molecular weight excluding hydrogens is 338 g/mol. The summed E-state index contributed by atoms with van der Waals surface area (Å²) >= 11 is 1.17. The van der Waals surface area contributed by atoms with Gasteiger partial charge in [0, 0.05) is 6.07 Å². The minimum Gasteiger partial charge on any atom is -0.300 e. The topological polar surface area (TPSA) is 84.6 Å². The summed E-state index contributed by atoms with van der Waals surface area (Å²) in [6.07, 6.45) is 2.46. The molecule has 1 N–H and O–H groups in total. The van der Waals surface area contributed by atoms with Crippen LogP contribution in [0.4, 0.5) is 11.4 Å². The lowest BCUT2D eigenvalue weighted by Crippen LogP contribution is -2.19. The fourth-order valence-corrected chi connectivity index (χ4v) is 3.15. The van der Waals surface area contributed by atoms with E-state index in [9.17, 15) is 14.9 Å². The highest BCUT2D eigenvalue weighted by atomic mass is 32.2. The van der Waals surface area contributed by atoms with Gasteiger partial charge >= 0.3 is 0 Å². The molecule has 3 rings (SSSR count). The first-order chi connectivity index (χ1) is 12.1. The zero-order valence-corrected chi connectivity index (χ0v) is 14.2. The van der Waals surface area contributed by atoms with Gasteiger partial charge in [-0.15, -0.1) is 0 Å². The number of thioether (sulfide) groups is 1. The molecule has 2 aromatic rings. The van der Waals surface area contributed by atoms with Gasteiger partial charge in [0.25, 0.3) is 11.6 Å². The summed E-state index contributed by atoms with van der Waals surface area (Å²) < 4.78 is 0. The van der Waals surface area contributed by atoms with Crippen molar-refractivity contribution >= 4 is 40.3 Å². The van der Waals surface area contributed by atoms with Crippen LogP contribution in [-0.2, 0) is 11.2 Å². The van der Waals surface area contributed by atoms with Crippen molar-refractivity contribution < 1.29 is 9.72 Å². The summed E-state index contributed by atoms with van der Waals surface area (Å²) in [4.78, 5) is 27.5. The number of nitrogens with one attached hydrogen (secondary N) is 1. The van der Waals surface area contributed by atoms with Crippen LogP contribution >= 0.6 is 11.8 Å². The Morgan fingerprint density at radius 3 is 2.60 bits per heavy atom. The first-order valence-corrected chi connectivity index (χ1v) is 8.50. The number of hydrogen-bond donors (Lipinski definition) is 1. The number of amides is 1. The average Bonchev–Trinajstić information content (AvgIpc) is 2.95. The van der Waals surface area contributed by atoms with Gasteiger partial charge in [-0.3, -0.25) is 14.9 Å². The van der Waals surface area contributed by atoms with Crippen molar-refractivity contribution in [3.8, 4) is 0 Å². The van der Waals surface area contributed by atoms with Gasteiger partial charge in [0.15, 0.2) is 5.17 Å². The number of amidine groups is 1. The van der Waals surface area contributed by atoms with E-state index >= 15 is 0 Å². The Bertz CT molecular complexity index is 889. The first-order valence-electron chi connectivity index (χ1n) is 7.69. The van der Waals surface area contributed by atoms with Crippen LogP contribution in [0.1, 0.15) is 18.1 Å². The minimum atomic E-state index is -0.464. The first kappa shape index (κ1) is 16.9. The maximum Gasteiger partial charge on any atom is 0.276 e. The van der Waals surface area contributed by atoms with E-state index in [-0.39, 0.29) is 11.6 Å². The van der Waals surface area contributed by atoms with Gasteiger partial charge in [0.2, 0.25) is 0 Å². The van der Waals surface area contributed by atoms with Crippen LogP contribution in [0.25, 0.3) is 6.08 Å². The number of hydrogen-bond acceptors (Lipinski definition) is 5. The highest BCUT2D eigenvalue weighted by Gasteiger charge is 2.25. The van der Waals surface area contributed by atoms with Gasteiger partial charge in [-0.2, -0.15) is 0 Å². The van der Waals surface area contributed by atoms with Crippen LogP contribution in [0.5, 0.6) is 0 Å². The van der Waals surface area contributed by atoms with E-state index in [4.69, 9.17) is 0 Å². The predicted molar refractivity (Wildman–Crippen MR) is 99.7 cm³/mol. The molecule has 1 fully saturated rings. The molecule has 2 aromatic carbocycles. The van der Waals surface area contributed by atoms with Crippen LogP contribution in [0, 0.1) is 10.1 Å². The van der Waals surface area contributed by atoms with Crippen molar-refractivity contribution in [3.05, 3.63) is 74.7 Å². The van der Waals surface area contributed by atoms with Gasteiger partial charge in [0.05, 0.1) is 21.1 Å². The van der Waals surface area contributed by atoms with Crippen LogP contribution in [0.15, 0.2) is 58.4 Å². The van der Waals surface area contributed by atoms with Gasteiger partial charge < -0.3 is 5.32 Å². The molecule has 0 spiro atoms. The number of aliphatic imine (C=N–C) groups is 1. The van der Waals surface area contributed by atoms with Crippen LogP contribution in [0.2, 0.25) is 0 Å². The SMILES string of the molecule is CCc1ccc(N=C2NC(=O)/C(=C/c3ccccc3[N+](=O)[O-])S2)cc1. The largest absolute Gasteiger partial charge is 0.300 e. The third kappa shape index (κ3) is 3.95. The van der Waals surface area contributed by atoms with Crippen molar-refractivity contribution in [2.24, 2.45) is 4.99 Å². The molecule has 0 radical (unpaired) electrons. The Morgan fingerprint density at radius 1 is 1.20 bits per heavy atom. The van der Waals surface area contributed by atoms with Crippen molar-refractivity contribution in [2.45, 2.75) is 13.3 Å². The van der Waals surface area contributed by atoms with Crippen molar-refractivity contribution in [3.63, 3.8) is 0 Å². The molecule has 6 nitrogen and oxygen atoms in total. The molecule has 0 aliphatic carbocycles. The lowest BCUT2D eigenvalue weighted by Gasteiger charge is -1.98. The Morgan fingerprint density at radius 2 is 1.92 bits per heavy atom. The fraction of sp³-hybridized carbons (Fsp3) is 0.111. The molecule has 126 valence electrons. The van der Waals surface area contributed by atoms with Gasteiger partial charge in [-0.05, 0) is 48.0 Å². The fourth-order valence-electron chi connectivity index (χ4n) is 2.32. The van der Waals surface area contributed by atoms with Crippen LogP contribution in [-0.4, -0.2) is 16.0 Å². The minimum absolute atomic E-state index is 0.0380. The summed E-state index contributed by atoms with van der Waals surface area (Å²) in [5.74, 6) is -0.313. The number of nitro benzene ring substituents is 1.